The maximum atomic E-state index is 14.2. The molecule has 3 aromatic rings. The average molecular weight is 630 g/mol. The summed E-state index contributed by atoms with van der Waals surface area (Å²) < 4.78 is 40.0. The van der Waals surface area contributed by atoms with Gasteiger partial charge in [-0.3, -0.25) is 13.9 Å². The first kappa shape index (κ1) is 33.7. The molecule has 1 atom stereocenters. The maximum absolute atomic E-state index is 14.2. The van der Waals surface area contributed by atoms with Gasteiger partial charge in [-0.2, -0.15) is 0 Å². The van der Waals surface area contributed by atoms with Crippen LogP contribution in [0.4, 0.5) is 5.69 Å². The third kappa shape index (κ3) is 8.64. The molecule has 0 fully saturated rings. The van der Waals surface area contributed by atoms with E-state index in [2.05, 4.69) is 5.32 Å². The minimum Gasteiger partial charge on any atom is -0.497 e. The molecule has 2 amide bonds. The largest absolute Gasteiger partial charge is 0.497 e. The molecule has 1 N–H and O–H groups in total. The SMILES string of the molecule is CCCCNC(=O)[C@H](CC)N(Cc1ccc(OC)cc1)C(=O)CN(c1cc(Cl)ccc1OC)S(=O)(=O)c1ccc(C)cc1. The van der Waals surface area contributed by atoms with Crippen molar-refractivity contribution in [3.8, 4) is 11.5 Å². The van der Waals surface area contributed by atoms with Gasteiger partial charge in [-0.1, -0.05) is 61.7 Å². The predicted octanol–water partition coefficient (Wildman–Crippen LogP) is 5.58. The maximum Gasteiger partial charge on any atom is 0.264 e. The summed E-state index contributed by atoms with van der Waals surface area (Å²) in [5.41, 5.74) is 1.74. The van der Waals surface area contributed by atoms with E-state index in [1.54, 1.807) is 43.5 Å². The van der Waals surface area contributed by atoms with Gasteiger partial charge in [0.1, 0.15) is 24.1 Å². The molecule has 0 unspecified atom stereocenters. The van der Waals surface area contributed by atoms with Crippen LogP contribution in [-0.2, 0) is 26.2 Å². The zero-order valence-corrected chi connectivity index (χ0v) is 26.9. The number of ether oxygens (including phenoxy) is 2. The van der Waals surface area contributed by atoms with Gasteiger partial charge in [0, 0.05) is 18.1 Å². The number of carbonyl (C=O) groups excluding carboxylic acids is 2. The number of hydrogen-bond donors (Lipinski definition) is 1. The van der Waals surface area contributed by atoms with Crippen LogP contribution in [0.3, 0.4) is 0 Å². The number of sulfonamides is 1. The number of unbranched alkanes of at least 4 members (excludes halogenated alkanes) is 1. The van der Waals surface area contributed by atoms with E-state index in [1.807, 2.05) is 32.9 Å². The van der Waals surface area contributed by atoms with Crippen molar-refractivity contribution in [2.24, 2.45) is 0 Å². The number of benzene rings is 3. The van der Waals surface area contributed by atoms with Crippen LogP contribution in [0.5, 0.6) is 11.5 Å². The van der Waals surface area contributed by atoms with Crippen LogP contribution in [0.25, 0.3) is 0 Å². The highest BCUT2D eigenvalue weighted by Gasteiger charge is 2.35. The van der Waals surface area contributed by atoms with Gasteiger partial charge in [0.05, 0.1) is 24.8 Å². The molecule has 0 radical (unpaired) electrons. The van der Waals surface area contributed by atoms with Crippen LogP contribution in [0.2, 0.25) is 5.02 Å². The third-order valence-corrected chi connectivity index (χ3v) is 9.03. The number of halogens is 1. The molecule has 232 valence electrons. The van der Waals surface area contributed by atoms with Gasteiger partial charge in [-0.05, 0) is 67.8 Å². The molecule has 11 heteroatoms. The second kappa shape index (κ2) is 15.6. The summed E-state index contributed by atoms with van der Waals surface area (Å²) in [5, 5.41) is 3.19. The van der Waals surface area contributed by atoms with Crippen molar-refractivity contribution >= 4 is 39.1 Å². The van der Waals surface area contributed by atoms with Crippen LogP contribution < -0.4 is 19.1 Å². The number of methoxy groups -OCH3 is 2. The molecule has 0 bridgehead atoms. The summed E-state index contributed by atoms with van der Waals surface area (Å²) in [6.45, 7) is 5.65. The Morgan fingerprint density at radius 3 is 2.21 bits per heavy atom. The highest BCUT2D eigenvalue weighted by atomic mass is 35.5. The highest BCUT2D eigenvalue weighted by Crippen LogP contribution is 2.35. The molecule has 3 rings (SSSR count). The van der Waals surface area contributed by atoms with Gasteiger partial charge in [0.25, 0.3) is 10.0 Å². The van der Waals surface area contributed by atoms with E-state index in [9.17, 15) is 18.0 Å². The lowest BCUT2D eigenvalue weighted by molar-refractivity contribution is -0.140. The van der Waals surface area contributed by atoms with Crippen molar-refractivity contribution in [2.45, 2.75) is 57.5 Å². The fraction of sp³-hybridized carbons (Fsp3) is 0.375. The zero-order valence-electron chi connectivity index (χ0n) is 25.3. The third-order valence-electron chi connectivity index (χ3n) is 7.02. The summed E-state index contributed by atoms with van der Waals surface area (Å²) in [6.07, 6.45) is 2.02. The number of carbonyl (C=O) groups is 2. The summed E-state index contributed by atoms with van der Waals surface area (Å²) >= 11 is 6.31. The van der Waals surface area contributed by atoms with Gasteiger partial charge in [0.2, 0.25) is 11.8 Å². The summed E-state index contributed by atoms with van der Waals surface area (Å²) in [7, 11) is -1.30. The molecule has 0 saturated carbocycles. The predicted molar refractivity (Wildman–Crippen MR) is 169 cm³/mol. The monoisotopic (exact) mass is 629 g/mol. The van der Waals surface area contributed by atoms with Gasteiger partial charge >= 0.3 is 0 Å². The molecule has 43 heavy (non-hydrogen) atoms. The molecule has 0 heterocycles. The van der Waals surface area contributed by atoms with Crippen LogP contribution >= 0.6 is 11.6 Å². The van der Waals surface area contributed by atoms with Crippen molar-refractivity contribution in [3.63, 3.8) is 0 Å². The number of nitrogens with one attached hydrogen (secondary N) is 1. The summed E-state index contributed by atoms with van der Waals surface area (Å²) in [4.78, 5) is 29.0. The van der Waals surface area contributed by atoms with E-state index in [-0.39, 0.29) is 33.8 Å². The fourth-order valence-electron chi connectivity index (χ4n) is 4.56. The smallest absolute Gasteiger partial charge is 0.264 e. The van der Waals surface area contributed by atoms with Gasteiger partial charge in [-0.15, -0.1) is 0 Å². The van der Waals surface area contributed by atoms with Crippen LogP contribution in [0.15, 0.2) is 71.6 Å². The average Bonchev–Trinajstić information content (AvgIpc) is 3.00. The molecule has 0 aliphatic rings. The number of anilines is 1. The Morgan fingerprint density at radius 1 is 0.953 bits per heavy atom. The number of rotatable bonds is 15. The van der Waals surface area contributed by atoms with Crippen molar-refractivity contribution in [1.29, 1.82) is 0 Å². The van der Waals surface area contributed by atoms with Crippen molar-refractivity contribution < 1.29 is 27.5 Å². The molecule has 0 aliphatic heterocycles. The van der Waals surface area contributed by atoms with Gasteiger partial charge in [-0.25, -0.2) is 8.42 Å². The number of amides is 2. The Morgan fingerprint density at radius 2 is 1.63 bits per heavy atom. The molecule has 0 aromatic heterocycles. The highest BCUT2D eigenvalue weighted by molar-refractivity contribution is 7.92. The second-order valence-corrected chi connectivity index (χ2v) is 12.4. The molecular weight excluding hydrogens is 590 g/mol. The van der Waals surface area contributed by atoms with Crippen molar-refractivity contribution in [3.05, 3.63) is 82.9 Å². The van der Waals surface area contributed by atoms with E-state index in [0.29, 0.717) is 18.7 Å². The second-order valence-electron chi connectivity index (χ2n) is 10.1. The molecule has 0 aliphatic carbocycles. The Kier molecular flexibility index (Phi) is 12.3. The molecular formula is C32H40ClN3O6S. The molecule has 3 aromatic carbocycles. The lowest BCUT2D eigenvalue weighted by Gasteiger charge is -2.33. The van der Waals surface area contributed by atoms with E-state index in [0.717, 1.165) is 28.3 Å². The first-order valence-electron chi connectivity index (χ1n) is 14.2. The summed E-state index contributed by atoms with van der Waals surface area (Å²) in [5.74, 6) is 0.00505. The molecule has 0 spiro atoms. The van der Waals surface area contributed by atoms with E-state index in [4.69, 9.17) is 21.1 Å². The first-order valence-corrected chi connectivity index (χ1v) is 16.0. The number of nitrogens with zero attached hydrogens (tertiary/aromatic N) is 2. The topological polar surface area (TPSA) is 105 Å². The normalized spacial score (nSPS) is 11.9. The quantitative estimate of drug-likeness (QED) is 0.220. The van der Waals surface area contributed by atoms with Crippen LogP contribution in [0, 0.1) is 6.92 Å². The fourth-order valence-corrected chi connectivity index (χ4v) is 6.15. The van der Waals surface area contributed by atoms with Crippen molar-refractivity contribution in [2.75, 3.05) is 31.6 Å². The van der Waals surface area contributed by atoms with E-state index >= 15 is 0 Å². The minimum atomic E-state index is -4.27. The van der Waals surface area contributed by atoms with E-state index < -0.39 is 28.5 Å². The standard InChI is InChI=1S/C32H40ClN3O6S/c1-6-8-19-34-32(38)28(7-2)35(21-24-11-14-26(41-4)15-12-24)31(37)22-36(29-20-25(33)13-18-30(29)42-5)43(39,40)27-16-9-23(3)10-17-27/h9-18,20,28H,6-8,19,21-22H2,1-5H3,(H,34,38)/t28-/m0/s1. The molecule has 0 saturated heterocycles. The molecule has 9 nitrogen and oxygen atoms in total. The lowest BCUT2D eigenvalue weighted by Crippen LogP contribution is -2.52. The minimum absolute atomic E-state index is 0.000942. The van der Waals surface area contributed by atoms with E-state index in [1.165, 1.54) is 30.2 Å². The van der Waals surface area contributed by atoms with Crippen LogP contribution in [0.1, 0.15) is 44.2 Å². The Hall–Kier alpha value is -3.76. The van der Waals surface area contributed by atoms with Gasteiger partial charge in [0.15, 0.2) is 0 Å². The first-order chi connectivity index (χ1) is 20.5. The van der Waals surface area contributed by atoms with Gasteiger partial charge < -0.3 is 19.7 Å². The van der Waals surface area contributed by atoms with Crippen LogP contribution in [-0.4, -0.2) is 58.5 Å². The Balaban J connectivity index is 2.10. The summed E-state index contributed by atoms with van der Waals surface area (Å²) in [6, 6.07) is 17.2. The Bertz CT molecular complexity index is 1480. The van der Waals surface area contributed by atoms with Crippen molar-refractivity contribution in [1.82, 2.24) is 10.2 Å². The lowest BCUT2D eigenvalue weighted by atomic mass is 10.1. The Labute approximate surface area is 259 Å². The number of aryl methyl sites for hydroxylation is 1. The zero-order chi connectivity index (χ0) is 31.6. The number of hydrogen-bond acceptors (Lipinski definition) is 6.